The van der Waals surface area contributed by atoms with Crippen LogP contribution in [0.1, 0.15) is 11.1 Å². The van der Waals surface area contributed by atoms with E-state index in [1.807, 2.05) is 49.3 Å². The zero-order valence-corrected chi connectivity index (χ0v) is 16.4. The lowest BCUT2D eigenvalue weighted by molar-refractivity contribution is -0.116. The van der Waals surface area contributed by atoms with Gasteiger partial charge in [0.15, 0.2) is 11.5 Å². The highest BCUT2D eigenvalue weighted by Gasteiger charge is 2.14. The maximum Gasteiger partial charge on any atom is 0.244 e. The molecule has 6 nitrogen and oxygen atoms in total. The normalized spacial score (nSPS) is 10.6. The largest absolute Gasteiger partial charge is 0.493 e. The number of amides is 1. The molecule has 0 aliphatic rings. The Morgan fingerprint density at radius 2 is 1.63 bits per heavy atom. The van der Waals surface area contributed by atoms with E-state index in [0.29, 0.717) is 23.8 Å². The second-order valence-electron chi connectivity index (χ2n) is 6.04. The van der Waals surface area contributed by atoms with Gasteiger partial charge in [0.2, 0.25) is 11.7 Å². The van der Waals surface area contributed by atoms with E-state index < -0.39 is 0 Å². The fourth-order valence-corrected chi connectivity index (χ4v) is 2.58. The molecule has 2 aromatic rings. The van der Waals surface area contributed by atoms with E-state index in [1.165, 1.54) is 6.08 Å². The van der Waals surface area contributed by atoms with Crippen molar-refractivity contribution in [3.63, 3.8) is 0 Å². The van der Waals surface area contributed by atoms with Crippen molar-refractivity contribution in [3.05, 3.63) is 53.6 Å². The molecule has 6 heteroatoms. The van der Waals surface area contributed by atoms with Crippen molar-refractivity contribution in [3.8, 4) is 17.2 Å². The molecule has 0 saturated heterocycles. The monoisotopic (exact) mass is 370 g/mol. The Labute approximate surface area is 160 Å². The molecule has 0 aromatic heterocycles. The van der Waals surface area contributed by atoms with Crippen molar-refractivity contribution < 1.29 is 19.0 Å². The molecule has 2 aromatic carbocycles. The smallest absolute Gasteiger partial charge is 0.244 e. The third-order valence-electron chi connectivity index (χ3n) is 4.07. The highest BCUT2D eigenvalue weighted by atomic mass is 16.5. The van der Waals surface area contributed by atoms with Gasteiger partial charge in [-0.05, 0) is 35.9 Å². The van der Waals surface area contributed by atoms with Gasteiger partial charge < -0.3 is 24.4 Å². The first-order valence-corrected chi connectivity index (χ1v) is 8.51. The van der Waals surface area contributed by atoms with E-state index in [0.717, 1.165) is 16.8 Å². The Morgan fingerprint density at radius 1 is 0.963 bits per heavy atom. The van der Waals surface area contributed by atoms with Crippen LogP contribution < -0.4 is 24.4 Å². The number of nitrogens with one attached hydrogen (secondary N) is 1. The molecule has 0 radical (unpaired) electrons. The summed E-state index contributed by atoms with van der Waals surface area (Å²) in [7, 11) is 8.63. The number of benzene rings is 2. The molecule has 0 aliphatic heterocycles. The fraction of sp³-hybridized carbons (Fsp3) is 0.286. The van der Waals surface area contributed by atoms with Crippen LogP contribution in [0.5, 0.6) is 17.2 Å². The molecule has 1 amide bonds. The molecule has 0 fully saturated rings. The van der Waals surface area contributed by atoms with Crippen molar-refractivity contribution in [1.82, 2.24) is 5.32 Å². The first-order chi connectivity index (χ1) is 13.0. The van der Waals surface area contributed by atoms with Crippen LogP contribution in [0.3, 0.4) is 0 Å². The minimum Gasteiger partial charge on any atom is -0.493 e. The maximum atomic E-state index is 12.1. The lowest BCUT2D eigenvalue weighted by atomic mass is 10.1. The van der Waals surface area contributed by atoms with Crippen LogP contribution in [0.25, 0.3) is 6.08 Å². The van der Waals surface area contributed by atoms with Gasteiger partial charge in [-0.2, -0.15) is 0 Å². The minimum absolute atomic E-state index is 0.191. The number of nitrogens with zero attached hydrogens (tertiary/aromatic N) is 1. The third kappa shape index (κ3) is 5.17. The predicted molar refractivity (Wildman–Crippen MR) is 108 cm³/mol. The van der Waals surface area contributed by atoms with Crippen LogP contribution in [-0.4, -0.2) is 41.3 Å². The highest BCUT2D eigenvalue weighted by Crippen LogP contribution is 2.40. The van der Waals surface area contributed by atoms with Crippen molar-refractivity contribution in [1.29, 1.82) is 0 Å². The summed E-state index contributed by atoms with van der Waals surface area (Å²) in [5, 5.41) is 2.87. The van der Waals surface area contributed by atoms with Crippen LogP contribution in [0.4, 0.5) is 5.69 Å². The molecule has 1 N–H and O–H groups in total. The van der Waals surface area contributed by atoms with Gasteiger partial charge in [0, 0.05) is 38.0 Å². The van der Waals surface area contributed by atoms with E-state index in [2.05, 4.69) is 5.32 Å². The topological polar surface area (TPSA) is 60.0 Å². The van der Waals surface area contributed by atoms with E-state index in [4.69, 9.17) is 14.2 Å². The predicted octanol–water partition coefficient (Wildman–Crippen LogP) is 3.11. The Kier molecular flexibility index (Phi) is 7.11. The second-order valence-corrected chi connectivity index (χ2v) is 6.04. The molecule has 0 spiro atoms. The lowest BCUT2D eigenvalue weighted by Gasteiger charge is -2.14. The van der Waals surface area contributed by atoms with Gasteiger partial charge in [-0.3, -0.25) is 4.79 Å². The van der Waals surface area contributed by atoms with Crippen molar-refractivity contribution >= 4 is 17.7 Å². The van der Waals surface area contributed by atoms with Crippen LogP contribution in [0.2, 0.25) is 0 Å². The van der Waals surface area contributed by atoms with E-state index in [9.17, 15) is 4.79 Å². The summed E-state index contributed by atoms with van der Waals surface area (Å²) in [5.74, 6) is 1.38. The number of hydrogen-bond donors (Lipinski definition) is 1. The Balaban J connectivity index is 2.04. The molecule has 0 atom stereocenters. The number of methoxy groups -OCH3 is 3. The SMILES string of the molecule is COc1ccc(C=CC(=O)NCc2ccc(N(C)C)cc2)c(OC)c1OC. The van der Waals surface area contributed by atoms with Gasteiger partial charge in [-0.15, -0.1) is 0 Å². The van der Waals surface area contributed by atoms with Gasteiger partial charge in [-0.25, -0.2) is 0 Å². The van der Waals surface area contributed by atoms with E-state index in [-0.39, 0.29) is 5.91 Å². The summed E-state index contributed by atoms with van der Waals surface area (Å²) in [4.78, 5) is 14.2. The zero-order valence-electron chi connectivity index (χ0n) is 16.4. The number of ether oxygens (including phenoxy) is 3. The maximum absolute atomic E-state index is 12.1. The fourth-order valence-electron chi connectivity index (χ4n) is 2.58. The Hall–Kier alpha value is -3.15. The molecular formula is C21H26N2O4. The lowest BCUT2D eigenvalue weighted by Crippen LogP contribution is -2.20. The van der Waals surface area contributed by atoms with E-state index in [1.54, 1.807) is 33.5 Å². The summed E-state index contributed by atoms with van der Waals surface area (Å²) < 4.78 is 16.0. The van der Waals surface area contributed by atoms with Crippen LogP contribution in [0, 0.1) is 0 Å². The average Bonchev–Trinajstić information content (AvgIpc) is 2.69. The summed E-state index contributed by atoms with van der Waals surface area (Å²) in [6, 6.07) is 11.6. The van der Waals surface area contributed by atoms with Gasteiger partial charge in [-0.1, -0.05) is 12.1 Å². The Morgan fingerprint density at radius 3 is 2.19 bits per heavy atom. The van der Waals surface area contributed by atoms with Crippen LogP contribution in [0.15, 0.2) is 42.5 Å². The molecule has 0 heterocycles. The number of carbonyl (C=O) groups is 1. The number of hydrogen-bond acceptors (Lipinski definition) is 5. The quantitative estimate of drug-likeness (QED) is 0.724. The van der Waals surface area contributed by atoms with Crippen molar-refractivity contribution in [2.24, 2.45) is 0 Å². The first-order valence-electron chi connectivity index (χ1n) is 8.51. The minimum atomic E-state index is -0.191. The molecule has 2 rings (SSSR count). The van der Waals surface area contributed by atoms with Crippen LogP contribution >= 0.6 is 0 Å². The zero-order chi connectivity index (χ0) is 19.8. The number of rotatable bonds is 8. The van der Waals surface area contributed by atoms with Crippen molar-refractivity contribution in [2.45, 2.75) is 6.54 Å². The number of carbonyl (C=O) groups excluding carboxylic acids is 1. The van der Waals surface area contributed by atoms with Crippen LogP contribution in [-0.2, 0) is 11.3 Å². The van der Waals surface area contributed by atoms with Gasteiger partial charge in [0.25, 0.3) is 0 Å². The molecule has 0 saturated carbocycles. The number of anilines is 1. The summed E-state index contributed by atoms with van der Waals surface area (Å²) in [5.41, 5.74) is 2.87. The second kappa shape index (κ2) is 9.52. The molecule has 0 bridgehead atoms. The van der Waals surface area contributed by atoms with Gasteiger partial charge >= 0.3 is 0 Å². The van der Waals surface area contributed by atoms with E-state index >= 15 is 0 Å². The molecular weight excluding hydrogens is 344 g/mol. The van der Waals surface area contributed by atoms with Gasteiger partial charge in [0.1, 0.15) is 0 Å². The summed E-state index contributed by atoms with van der Waals surface area (Å²) in [6.45, 7) is 0.458. The molecule has 0 aliphatic carbocycles. The summed E-state index contributed by atoms with van der Waals surface area (Å²) >= 11 is 0. The Bertz CT molecular complexity index is 799. The van der Waals surface area contributed by atoms with Crippen molar-refractivity contribution in [2.75, 3.05) is 40.3 Å². The molecule has 0 unspecified atom stereocenters. The highest BCUT2D eigenvalue weighted by molar-refractivity contribution is 5.92. The standard InChI is InChI=1S/C21H26N2O4/c1-23(2)17-10-6-15(7-11-17)14-22-19(24)13-9-16-8-12-18(25-3)21(27-5)20(16)26-4/h6-13H,14H2,1-5H3,(H,22,24). The third-order valence-corrected chi connectivity index (χ3v) is 4.07. The summed E-state index contributed by atoms with van der Waals surface area (Å²) in [6.07, 6.45) is 3.16. The average molecular weight is 370 g/mol. The molecule has 27 heavy (non-hydrogen) atoms. The first kappa shape index (κ1) is 20.2. The van der Waals surface area contributed by atoms with Gasteiger partial charge in [0.05, 0.1) is 21.3 Å². The molecule has 144 valence electrons.